The van der Waals surface area contributed by atoms with Crippen LogP contribution in [0.4, 0.5) is 4.79 Å². The fraction of sp³-hybridized carbons (Fsp3) is 0.286. The molecule has 1 fully saturated rings. The molecule has 2 aromatic rings. The summed E-state index contributed by atoms with van der Waals surface area (Å²) in [5.41, 5.74) is 1.76. The van der Waals surface area contributed by atoms with Crippen molar-refractivity contribution in [2.45, 2.75) is 38.6 Å². The summed E-state index contributed by atoms with van der Waals surface area (Å²) in [6, 6.07) is 14.0. The van der Waals surface area contributed by atoms with Gasteiger partial charge in [-0.3, -0.25) is 10.1 Å². The molecule has 1 aliphatic rings. The SMILES string of the molecule is CCc1ccc(C(=O)Oc2ccc(CC[C@]3(C)NC(=O)NC3=O)cc2)cc1. The normalized spacial score (nSPS) is 18.7. The van der Waals surface area contributed by atoms with Crippen molar-refractivity contribution in [1.82, 2.24) is 10.6 Å². The molecule has 2 N–H and O–H groups in total. The first-order valence-electron chi connectivity index (χ1n) is 8.93. The van der Waals surface area contributed by atoms with Gasteiger partial charge in [-0.25, -0.2) is 9.59 Å². The van der Waals surface area contributed by atoms with Crippen LogP contribution in [0.25, 0.3) is 0 Å². The number of hydrogen-bond acceptors (Lipinski definition) is 4. The highest BCUT2D eigenvalue weighted by atomic mass is 16.5. The van der Waals surface area contributed by atoms with Gasteiger partial charge in [0.25, 0.3) is 5.91 Å². The van der Waals surface area contributed by atoms with E-state index < -0.39 is 17.5 Å². The summed E-state index contributed by atoms with van der Waals surface area (Å²) in [6.07, 6.45) is 2.01. The van der Waals surface area contributed by atoms with E-state index in [1.807, 2.05) is 24.3 Å². The topological polar surface area (TPSA) is 84.5 Å². The number of carbonyl (C=O) groups is 3. The summed E-state index contributed by atoms with van der Waals surface area (Å²) in [6.45, 7) is 3.76. The van der Waals surface area contributed by atoms with E-state index in [1.165, 1.54) is 0 Å². The minimum absolute atomic E-state index is 0.313. The molecular weight excluding hydrogens is 344 g/mol. The summed E-state index contributed by atoms with van der Waals surface area (Å²) < 4.78 is 5.40. The van der Waals surface area contributed by atoms with Crippen molar-refractivity contribution in [1.29, 1.82) is 0 Å². The van der Waals surface area contributed by atoms with Gasteiger partial charge in [-0.05, 0) is 61.6 Å². The van der Waals surface area contributed by atoms with Gasteiger partial charge >= 0.3 is 12.0 Å². The van der Waals surface area contributed by atoms with E-state index in [4.69, 9.17) is 4.74 Å². The van der Waals surface area contributed by atoms with Crippen LogP contribution in [0, 0.1) is 0 Å². The van der Waals surface area contributed by atoms with E-state index in [0.717, 1.165) is 17.5 Å². The second-order valence-electron chi connectivity index (χ2n) is 6.82. The van der Waals surface area contributed by atoms with Gasteiger partial charge in [-0.15, -0.1) is 0 Å². The van der Waals surface area contributed by atoms with Gasteiger partial charge in [0.05, 0.1) is 5.56 Å². The van der Waals surface area contributed by atoms with Crippen molar-refractivity contribution >= 4 is 17.9 Å². The largest absolute Gasteiger partial charge is 0.423 e. The van der Waals surface area contributed by atoms with Crippen LogP contribution in [0.2, 0.25) is 0 Å². The first kappa shape index (κ1) is 18.6. The second kappa shape index (κ2) is 7.61. The molecule has 2 aromatic carbocycles. The molecule has 3 amide bonds. The molecule has 0 bridgehead atoms. The number of nitrogens with one attached hydrogen (secondary N) is 2. The number of imide groups is 1. The summed E-state index contributed by atoms with van der Waals surface area (Å²) in [5.74, 6) is -0.253. The zero-order chi connectivity index (χ0) is 19.4. The standard InChI is InChI=1S/C21H22N2O4/c1-3-14-4-8-16(9-5-14)18(24)27-17-10-6-15(7-11-17)12-13-21(2)19(25)22-20(26)23-21/h4-11H,3,12-13H2,1-2H3,(H2,22,23,25,26)/t21-/m0/s1. The van der Waals surface area contributed by atoms with Crippen molar-refractivity contribution in [3.05, 3.63) is 65.2 Å². The molecule has 0 spiro atoms. The van der Waals surface area contributed by atoms with E-state index in [9.17, 15) is 14.4 Å². The van der Waals surface area contributed by atoms with E-state index in [0.29, 0.717) is 24.2 Å². The van der Waals surface area contributed by atoms with Crippen LogP contribution in [-0.4, -0.2) is 23.4 Å². The Labute approximate surface area is 157 Å². The smallest absolute Gasteiger partial charge is 0.343 e. The maximum Gasteiger partial charge on any atom is 0.343 e. The molecule has 1 heterocycles. The number of carbonyl (C=O) groups excluding carboxylic acids is 3. The van der Waals surface area contributed by atoms with Gasteiger partial charge in [-0.1, -0.05) is 31.2 Å². The van der Waals surface area contributed by atoms with Crippen molar-refractivity contribution in [3.63, 3.8) is 0 Å². The number of rotatable bonds is 6. The molecule has 1 saturated heterocycles. The van der Waals surface area contributed by atoms with Crippen LogP contribution >= 0.6 is 0 Å². The van der Waals surface area contributed by atoms with Crippen LogP contribution < -0.4 is 15.4 Å². The minimum Gasteiger partial charge on any atom is -0.423 e. The molecule has 0 saturated carbocycles. The molecule has 1 atom stereocenters. The number of aryl methyl sites for hydroxylation is 2. The highest BCUT2D eigenvalue weighted by molar-refractivity contribution is 6.06. The molecule has 27 heavy (non-hydrogen) atoms. The fourth-order valence-corrected chi connectivity index (χ4v) is 2.92. The first-order valence-corrected chi connectivity index (χ1v) is 8.93. The van der Waals surface area contributed by atoms with Crippen LogP contribution in [0.5, 0.6) is 5.75 Å². The Bertz CT molecular complexity index is 859. The Morgan fingerprint density at radius 2 is 1.63 bits per heavy atom. The van der Waals surface area contributed by atoms with Crippen LogP contribution in [0.15, 0.2) is 48.5 Å². The lowest BCUT2D eigenvalue weighted by molar-refractivity contribution is -0.123. The fourth-order valence-electron chi connectivity index (χ4n) is 2.92. The molecule has 0 aliphatic carbocycles. The van der Waals surface area contributed by atoms with Gasteiger partial charge in [0.1, 0.15) is 11.3 Å². The van der Waals surface area contributed by atoms with Gasteiger partial charge < -0.3 is 10.1 Å². The quantitative estimate of drug-likeness (QED) is 0.468. The summed E-state index contributed by atoms with van der Waals surface area (Å²) in [7, 11) is 0. The molecule has 140 valence electrons. The van der Waals surface area contributed by atoms with E-state index in [2.05, 4.69) is 17.6 Å². The Morgan fingerprint density at radius 1 is 1.00 bits per heavy atom. The number of esters is 1. The number of hydrogen-bond donors (Lipinski definition) is 2. The Kier molecular flexibility index (Phi) is 5.26. The van der Waals surface area contributed by atoms with Crippen LogP contribution in [-0.2, 0) is 17.6 Å². The van der Waals surface area contributed by atoms with E-state index in [-0.39, 0.29) is 5.91 Å². The molecule has 6 nitrogen and oxygen atoms in total. The molecule has 6 heteroatoms. The predicted molar refractivity (Wildman–Crippen MR) is 101 cm³/mol. The third-order valence-corrected chi connectivity index (χ3v) is 4.76. The molecule has 0 radical (unpaired) electrons. The number of ether oxygens (including phenoxy) is 1. The van der Waals surface area contributed by atoms with Gasteiger partial charge in [0.15, 0.2) is 0 Å². The van der Waals surface area contributed by atoms with Gasteiger partial charge in [-0.2, -0.15) is 0 Å². The summed E-state index contributed by atoms with van der Waals surface area (Å²) in [5, 5.41) is 4.90. The third-order valence-electron chi connectivity index (χ3n) is 4.76. The average molecular weight is 366 g/mol. The minimum atomic E-state index is -0.896. The molecule has 0 unspecified atom stereocenters. The Morgan fingerprint density at radius 3 is 2.19 bits per heavy atom. The molecule has 0 aromatic heterocycles. The lowest BCUT2D eigenvalue weighted by atomic mass is 9.93. The monoisotopic (exact) mass is 366 g/mol. The van der Waals surface area contributed by atoms with E-state index >= 15 is 0 Å². The predicted octanol–water partition coefficient (Wildman–Crippen LogP) is 3.00. The summed E-state index contributed by atoms with van der Waals surface area (Å²) in [4.78, 5) is 35.3. The van der Waals surface area contributed by atoms with Gasteiger partial charge in [0, 0.05) is 0 Å². The number of benzene rings is 2. The van der Waals surface area contributed by atoms with Crippen LogP contribution in [0.1, 0.15) is 41.8 Å². The number of urea groups is 1. The van der Waals surface area contributed by atoms with Crippen molar-refractivity contribution < 1.29 is 19.1 Å². The zero-order valence-electron chi connectivity index (χ0n) is 15.4. The molecular formula is C21H22N2O4. The zero-order valence-corrected chi connectivity index (χ0v) is 15.4. The maximum absolute atomic E-state index is 12.2. The lowest BCUT2D eigenvalue weighted by Crippen LogP contribution is -2.43. The Balaban J connectivity index is 1.57. The second-order valence-corrected chi connectivity index (χ2v) is 6.82. The van der Waals surface area contributed by atoms with Crippen molar-refractivity contribution in [2.75, 3.05) is 0 Å². The van der Waals surface area contributed by atoms with Crippen LogP contribution in [0.3, 0.4) is 0 Å². The first-order chi connectivity index (χ1) is 12.9. The highest BCUT2D eigenvalue weighted by Gasteiger charge is 2.41. The number of amides is 3. The Hall–Kier alpha value is -3.15. The molecule has 3 rings (SSSR count). The summed E-state index contributed by atoms with van der Waals surface area (Å²) >= 11 is 0. The molecule has 1 aliphatic heterocycles. The van der Waals surface area contributed by atoms with Crippen molar-refractivity contribution in [2.24, 2.45) is 0 Å². The van der Waals surface area contributed by atoms with E-state index in [1.54, 1.807) is 31.2 Å². The van der Waals surface area contributed by atoms with Crippen molar-refractivity contribution in [3.8, 4) is 5.75 Å². The third kappa shape index (κ3) is 4.34. The van der Waals surface area contributed by atoms with Gasteiger partial charge in [0.2, 0.25) is 0 Å². The lowest BCUT2D eigenvalue weighted by Gasteiger charge is -2.20. The average Bonchev–Trinajstić information content (AvgIpc) is 2.93. The highest BCUT2D eigenvalue weighted by Crippen LogP contribution is 2.20. The maximum atomic E-state index is 12.2.